The fraction of sp³-hybridized carbons (Fsp3) is 0.538. The summed E-state index contributed by atoms with van der Waals surface area (Å²) in [7, 11) is -3.66. The summed E-state index contributed by atoms with van der Waals surface area (Å²) in [6.45, 7) is 6.58. The lowest BCUT2D eigenvalue weighted by Crippen LogP contribution is -2.53. The number of hydrogen-bond donors (Lipinski definition) is 1. The molecule has 0 aliphatic carbocycles. The average Bonchev–Trinajstić information content (AvgIpc) is 2.44. The highest BCUT2D eigenvalue weighted by Gasteiger charge is 2.33. The SMILES string of the molecule is CCN1CCN(S(=O)(=O)c2ccc(Cl)c(N)c2Cl)CC1C. The number of rotatable bonds is 3. The zero-order chi connectivity index (χ0) is 15.8. The molecule has 1 saturated heterocycles. The monoisotopic (exact) mass is 351 g/mol. The number of anilines is 1. The smallest absolute Gasteiger partial charge is 0.244 e. The van der Waals surface area contributed by atoms with Crippen LogP contribution in [-0.4, -0.2) is 49.8 Å². The minimum Gasteiger partial charge on any atom is -0.396 e. The van der Waals surface area contributed by atoms with Gasteiger partial charge in [0.25, 0.3) is 0 Å². The third-order valence-corrected chi connectivity index (χ3v) is 6.60. The lowest BCUT2D eigenvalue weighted by atomic mass is 10.2. The van der Waals surface area contributed by atoms with E-state index in [1.54, 1.807) is 0 Å². The quantitative estimate of drug-likeness (QED) is 0.848. The molecule has 0 bridgehead atoms. The summed E-state index contributed by atoms with van der Waals surface area (Å²) in [6.07, 6.45) is 0. The second-order valence-corrected chi connectivity index (χ2v) is 7.81. The minimum atomic E-state index is -3.66. The van der Waals surface area contributed by atoms with Crippen molar-refractivity contribution in [2.24, 2.45) is 0 Å². The third-order valence-electron chi connectivity index (χ3n) is 3.84. The highest BCUT2D eigenvalue weighted by molar-refractivity contribution is 7.89. The summed E-state index contributed by atoms with van der Waals surface area (Å²) in [5, 5.41) is 0.246. The molecule has 0 saturated carbocycles. The average molecular weight is 352 g/mol. The number of nitrogens with two attached hydrogens (primary N) is 1. The first kappa shape index (κ1) is 16.8. The normalized spacial score (nSPS) is 21.6. The molecule has 1 aromatic rings. The molecule has 5 nitrogen and oxygen atoms in total. The number of hydrogen-bond acceptors (Lipinski definition) is 4. The van der Waals surface area contributed by atoms with Crippen molar-refractivity contribution >= 4 is 38.9 Å². The fourth-order valence-electron chi connectivity index (χ4n) is 2.54. The van der Waals surface area contributed by atoms with Gasteiger partial charge in [0, 0.05) is 25.7 Å². The maximum absolute atomic E-state index is 12.7. The van der Waals surface area contributed by atoms with Crippen LogP contribution in [0.15, 0.2) is 17.0 Å². The topological polar surface area (TPSA) is 66.6 Å². The van der Waals surface area contributed by atoms with Gasteiger partial charge in [-0.2, -0.15) is 4.31 Å². The van der Waals surface area contributed by atoms with Gasteiger partial charge in [0.1, 0.15) is 4.90 Å². The molecule has 1 fully saturated rings. The largest absolute Gasteiger partial charge is 0.396 e. The van der Waals surface area contributed by atoms with Crippen molar-refractivity contribution < 1.29 is 8.42 Å². The standard InChI is InChI=1S/C13H19Cl2N3O2S/c1-3-17-6-7-18(8-9(17)2)21(19,20)11-5-4-10(14)13(16)12(11)15/h4-5,9H,3,6-8,16H2,1-2H3. The molecular weight excluding hydrogens is 333 g/mol. The van der Waals surface area contributed by atoms with E-state index in [2.05, 4.69) is 11.8 Å². The van der Waals surface area contributed by atoms with Crippen molar-refractivity contribution in [3.63, 3.8) is 0 Å². The van der Waals surface area contributed by atoms with Crippen molar-refractivity contribution in [1.82, 2.24) is 9.21 Å². The highest BCUT2D eigenvalue weighted by atomic mass is 35.5. The van der Waals surface area contributed by atoms with Gasteiger partial charge in [0.2, 0.25) is 10.0 Å². The van der Waals surface area contributed by atoms with E-state index in [9.17, 15) is 8.42 Å². The maximum Gasteiger partial charge on any atom is 0.244 e. The summed E-state index contributed by atoms with van der Waals surface area (Å²) in [5.41, 5.74) is 5.82. The van der Waals surface area contributed by atoms with Gasteiger partial charge < -0.3 is 5.73 Å². The lowest BCUT2D eigenvalue weighted by molar-refractivity contribution is 0.135. The summed E-state index contributed by atoms with van der Waals surface area (Å²) >= 11 is 11.9. The number of piperazine rings is 1. The second-order valence-electron chi connectivity index (χ2n) is 5.11. The van der Waals surface area contributed by atoms with Gasteiger partial charge in [-0.25, -0.2) is 8.42 Å². The molecule has 1 aliphatic heterocycles. The number of halogens is 2. The first-order chi connectivity index (χ1) is 9.78. The molecule has 0 amide bonds. The predicted octanol–water partition coefficient (Wildman–Crippen LogP) is 2.29. The molecule has 8 heteroatoms. The Morgan fingerprint density at radius 3 is 2.57 bits per heavy atom. The van der Waals surface area contributed by atoms with Crippen LogP contribution in [0.2, 0.25) is 10.0 Å². The molecule has 1 heterocycles. The first-order valence-electron chi connectivity index (χ1n) is 6.76. The van der Waals surface area contributed by atoms with Crippen molar-refractivity contribution in [1.29, 1.82) is 0 Å². The van der Waals surface area contributed by atoms with Gasteiger partial charge in [-0.05, 0) is 25.6 Å². The van der Waals surface area contributed by atoms with Crippen molar-refractivity contribution in [3.05, 3.63) is 22.2 Å². The number of nitrogen functional groups attached to an aromatic ring is 1. The Bertz CT molecular complexity index is 637. The van der Waals surface area contributed by atoms with E-state index in [1.165, 1.54) is 16.4 Å². The fourth-order valence-corrected chi connectivity index (χ4v) is 4.79. The Hall–Kier alpha value is -0.530. The lowest BCUT2D eigenvalue weighted by Gasteiger charge is -2.38. The minimum absolute atomic E-state index is 0.00641. The number of benzene rings is 1. The molecule has 21 heavy (non-hydrogen) atoms. The molecule has 1 aromatic carbocycles. The third kappa shape index (κ3) is 3.14. The second kappa shape index (κ2) is 6.30. The molecule has 1 aliphatic rings. The first-order valence-corrected chi connectivity index (χ1v) is 8.96. The van der Waals surface area contributed by atoms with Gasteiger partial charge in [-0.3, -0.25) is 4.90 Å². The molecule has 1 unspecified atom stereocenters. The zero-order valence-corrected chi connectivity index (χ0v) is 14.3. The molecule has 0 aromatic heterocycles. The van der Waals surface area contributed by atoms with Crippen molar-refractivity contribution in [2.45, 2.75) is 24.8 Å². The van der Waals surface area contributed by atoms with E-state index < -0.39 is 10.0 Å². The highest BCUT2D eigenvalue weighted by Crippen LogP contribution is 2.35. The van der Waals surface area contributed by atoms with Gasteiger partial charge in [-0.1, -0.05) is 30.1 Å². The summed E-state index contributed by atoms with van der Waals surface area (Å²) in [4.78, 5) is 2.26. The van der Waals surface area contributed by atoms with Gasteiger partial charge >= 0.3 is 0 Å². The maximum atomic E-state index is 12.7. The van der Waals surface area contributed by atoms with E-state index in [0.717, 1.165) is 6.54 Å². The van der Waals surface area contributed by atoms with E-state index >= 15 is 0 Å². The summed E-state index contributed by atoms with van der Waals surface area (Å²) in [6, 6.07) is 3.04. The summed E-state index contributed by atoms with van der Waals surface area (Å²) < 4.78 is 26.9. The predicted molar refractivity (Wildman–Crippen MR) is 86.3 cm³/mol. The van der Waals surface area contributed by atoms with E-state index in [-0.39, 0.29) is 26.7 Å². The van der Waals surface area contributed by atoms with Crippen LogP contribution >= 0.6 is 23.2 Å². The number of likely N-dealkylation sites (N-methyl/N-ethyl adjacent to an activating group) is 1. The van der Waals surface area contributed by atoms with Gasteiger partial charge in [0.05, 0.1) is 15.7 Å². The van der Waals surface area contributed by atoms with Crippen LogP contribution in [0.1, 0.15) is 13.8 Å². The Balaban J connectivity index is 2.34. The Labute approximate surface area is 135 Å². The molecule has 1 atom stereocenters. The molecule has 0 radical (unpaired) electrons. The molecule has 2 N–H and O–H groups in total. The van der Waals surface area contributed by atoms with E-state index in [4.69, 9.17) is 28.9 Å². The van der Waals surface area contributed by atoms with Crippen LogP contribution in [0.3, 0.4) is 0 Å². The van der Waals surface area contributed by atoms with Crippen LogP contribution < -0.4 is 5.73 Å². The van der Waals surface area contributed by atoms with Crippen LogP contribution in [0.5, 0.6) is 0 Å². The summed E-state index contributed by atoms with van der Waals surface area (Å²) in [5.74, 6) is 0. The van der Waals surface area contributed by atoms with Crippen molar-refractivity contribution in [2.75, 3.05) is 31.9 Å². The van der Waals surface area contributed by atoms with Crippen molar-refractivity contribution in [3.8, 4) is 0 Å². The molecular formula is C13H19Cl2N3O2S. The number of sulfonamides is 1. The zero-order valence-electron chi connectivity index (χ0n) is 12.0. The molecule has 0 spiro atoms. The molecule has 2 rings (SSSR count). The Kier molecular flexibility index (Phi) is 5.05. The van der Waals surface area contributed by atoms with Gasteiger partial charge in [-0.15, -0.1) is 0 Å². The molecule has 118 valence electrons. The van der Waals surface area contributed by atoms with Crippen LogP contribution in [0.25, 0.3) is 0 Å². The van der Waals surface area contributed by atoms with E-state index in [1.807, 2.05) is 6.92 Å². The van der Waals surface area contributed by atoms with Crippen LogP contribution in [0, 0.1) is 0 Å². The van der Waals surface area contributed by atoms with Crippen LogP contribution in [0.4, 0.5) is 5.69 Å². The Morgan fingerprint density at radius 2 is 2.00 bits per heavy atom. The number of nitrogens with zero attached hydrogens (tertiary/aromatic N) is 2. The van der Waals surface area contributed by atoms with Crippen LogP contribution in [-0.2, 0) is 10.0 Å². The Morgan fingerprint density at radius 1 is 1.33 bits per heavy atom. The van der Waals surface area contributed by atoms with E-state index in [0.29, 0.717) is 19.6 Å². The van der Waals surface area contributed by atoms with Gasteiger partial charge in [0.15, 0.2) is 0 Å².